The molecule has 1 saturated heterocycles. The maximum Gasteiger partial charge on any atom is 0.410 e. The minimum absolute atomic E-state index is 0.00718. The zero-order chi connectivity index (χ0) is 16.0. The largest absolute Gasteiger partial charge is 0.467 e. The monoisotopic (exact) mass is 297 g/mol. The number of hydrogen-bond donors (Lipinski definition) is 0. The van der Waals surface area contributed by atoms with Crippen molar-refractivity contribution < 1.29 is 19.1 Å². The summed E-state index contributed by atoms with van der Waals surface area (Å²) in [5.74, 6) is -0.163. The van der Waals surface area contributed by atoms with Crippen molar-refractivity contribution >= 4 is 12.1 Å². The molecule has 0 saturated carbocycles. The van der Waals surface area contributed by atoms with E-state index in [9.17, 15) is 9.59 Å². The lowest BCUT2D eigenvalue weighted by molar-refractivity contribution is -0.152. The lowest BCUT2D eigenvalue weighted by atomic mass is 9.76. The van der Waals surface area contributed by atoms with Crippen molar-refractivity contribution in [2.24, 2.45) is 11.8 Å². The van der Waals surface area contributed by atoms with Gasteiger partial charge in [0, 0.05) is 12.0 Å². The fraction of sp³-hybridized carbons (Fsp3) is 0.750. The van der Waals surface area contributed by atoms with E-state index in [-0.39, 0.29) is 12.0 Å². The van der Waals surface area contributed by atoms with E-state index in [4.69, 9.17) is 9.47 Å². The number of hydrogen-bond acceptors (Lipinski definition) is 4. The van der Waals surface area contributed by atoms with Gasteiger partial charge in [-0.25, -0.2) is 9.59 Å². The molecular weight excluding hydrogens is 270 g/mol. The Morgan fingerprint density at radius 3 is 2.38 bits per heavy atom. The number of likely N-dealkylation sites (tertiary alicyclic amines) is 1. The molecule has 1 aliphatic heterocycles. The van der Waals surface area contributed by atoms with Gasteiger partial charge >= 0.3 is 12.1 Å². The molecule has 5 heteroatoms. The number of amides is 1. The van der Waals surface area contributed by atoms with Crippen LogP contribution >= 0.6 is 0 Å². The number of rotatable bonds is 5. The molecule has 0 spiro atoms. The van der Waals surface area contributed by atoms with Gasteiger partial charge in [-0.1, -0.05) is 32.8 Å². The predicted molar refractivity (Wildman–Crippen MR) is 80.8 cm³/mol. The Morgan fingerprint density at radius 1 is 1.29 bits per heavy atom. The smallest absolute Gasteiger partial charge is 0.410 e. The van der Waals surface area contributed by atoms with Gasteiger partial charge in [-0.2, -0.15) is 0 Å². The molecule has 0 aliphatic carbocycles. The molecule has 120 valence electrons. The molecule has 0 bridgehead atoms. The summed E-state index contributed by atoms with van der Waals surface area (Å²) < 4.78 is 9.83. The van der Waals surface area contributed by atoms with Crippen molar-refractivity contribution in [1.29, 1.82) is 0 Å². The standard InChI is InChI=1S/C16H27NO4/c1-6-9-13-11(7-2)10-12(8-3)14(15(18)20-4)17(13)16(19)21-5/h8,11-14H,3,6-7,9-10H2,1-2,4-5H3/t11-,12+,13+,14+/m1/s1. The highest BCUT2D eigenvalue weighted by Gasteiger charge is 2.47. The summed E-state index contributed by atoms with van der Waals surface area (Å²) in [4.78, 5) is 26.0. The maximum atomic E-state index is 12.3. The first-order valence-corrected chi connectivity index (χ1v) is 7.62. The highest BCUT2D eigenvalue weighted by atomic mass is 16.5. The minimum atomic E-state index is -0.640. The third kappa shape index (κ3) is 3.57. The second-order valence-corrected chi connectivity index (χ2v) is 5.50. The molecule has 5 nitrogen and oxygen atoms in total. The number of piperidine rings is 1. The summed E-state index contributed by atoms with van der Waals surface area (Å²) in [5.41, 5.74) is 0. The second kappa shape index (κ2) is 8.05. The number of carbonyl (C=O) groups is 2. The zero-order valence-electron chi connectivity index (χ0n) is 13.5. The van der Waals surface area contributed by atoms with Crippen LogP contribution in [0.3, 0.4) is 0 Å². The molecule has 21 heavy (non-hydrogen) atoms. The Labute approximate surface area is 127 Å². The van der Waals surface area contributed by atoms with Crippen LogP contribution in [0.15, 0.2) is 12.7 Å². The first-order chi connectivity index (χ1) is 10.0. The van der Waals surface area contributed by atoms with Crippen LogP contribution in [0.2, 0.25) is 0 Å². The number of nitrogens with zero attached hydrogens (tertiary/aromatic N) is 1. The van der Waals surface area contributed by atoms with E-state index in [2.05, 4.69) is 20.4 Å². The summed E-state index contributed by atoms with van der Waals surface area (Å²) in [6.45, 7) is 8.01. The molecule has 0 radical (unpaired) electrons. The van der Waals surface area contributed by atoms with E-state index in [0.717, 1.165) is 25.7 Å². The summed E-state index contributed by atoms with van der Waals surface area (Å²) in [6.07, 6.45) is 4.89. The molecule has 1 amide bonds. The highest BCUT2D eigenvalue weighted by molar-refractivity contribution is 5.82. The van der Waals surface area contributed by atoms with Crippen molar-refractivity contribution in [1.82, 2.24) is 4.90 Å². The number of ether oxygens (including phenoxy) is 2. The van der Waals surface area contributed by atoms with E-state index in [1.54, 1.807) is 11.0 Å². The van der Waals surface area contributed by atoms with Gasteiger partial charge < -0.3 is 9.47 Å². The van der Waals surface area contributed by atoms with Crippen LogP contribution in [0.5, 0.6) is 0 Å². The van der Waals surface area contributed by atoms with Gasteiger partial charge in [0.05, 0.1) is 14.2 Å². The Bertz CT molecular complexity index is 382. The number of carbonyl (C=O) groups excluding carboxylic acids is 2. The Morgan fingerprint density at radius 2 is 1.95 bits per heavy atom. The van der Waals surface area contributed by atoms with Crippen LogP contribution in [0.4, 0.5) is 4.79 Å². The minimum Gasteiger partial charge on any atom is -0.467 e. The topological polar surface area (TPSA) is 55.8 Å². The molecule has 1 heterocycles. The van der Waals surface area contributed by atoms with Gasteiger partial charge in [-0.15, -0.1) is 6.58 Å². The third-order valence-electron chi connectivity index (χ3n) is 4.42. The van der Waals surface area contributed by atoms with Gasteiger partial charge in [-0.3, -0.25) is 4.90 Å². The average molecular weight is 297 g/mol. The van der Waals surface area contributed by atoms with Crippen molar-refractivity contribution in [2.75, 3.05) is 14.2 Å². The fourth-order valence-corrected chi connectivity index (χ4v) is 3.37. The molecule has 0 N–H and O–H groups in total. The van der Waals surface area contributed by atoms with Crippen molar-refractivity contribution in [2.45, 2.75) is 51.6 Å². The molecule has 1 aliphatic rings. The number of methoxy groups -OCH3 is 2. The number of esters is 1. The van der Waals surface area contributed by atoms with Gasteiger partial charge in [0.1, 0.15) is 6.04 Å². The molecule has 1 rings (SSSR count). The Balaban J connectivity index is 3.24. The molecule has 0 unspecified atom stereocenters. The highest BCUT2D eigenvalue weighted by Crippen LogP contribution is 2.37. The lowest BCUT2D eigenvalue weighted by Gasteiger charge is -2.47. The fourth-order valence-electron chi connectivity index (χ4n) is 3.37. The van der Waals surface area contributed by atoms with Crippen LogP contribution in [0.1, 0.15) is 39.5 Å². The molecule has 0 aromatic heterocycles. The van der Waals surface area contributed by atoms with Gasteiger partial charge in [-0.05, 0) is 18.8 Å². The van der Waals surface area contributed by atoms with Crippen molar-refractivity contribution in [3.05, 3.63) is 12.7 Å². The summed E-state index contributed by atoms with van der Waals surface area (Å²) >= 11 is 0. The summed E-state index contributed by atoms with van der Waals surface area (Å²) in [7, 11) is 2.69. The first-order valence-electron chi connectivity index (χ1n) is 7.62. The van der Waals surface area contributed by atoms with Crippen LogP contribution in [-0.4, -0.2) is 43.3 Å². The summed E-state index contributed by atoms with van der Waals surface area (Å²) in [6, 6.07) is -0.632. The van der Waals surface area contributed by atoms with E-state index in [1.807, 2.05) is 0 Å². The van der Waals surface area contributed by atoms with Gasteiger partial charge in [0.15, 0.2) is 0 Å². The molecule has 4 atom stereocenters. The Kier molecular flexibility index (Phi) is 6.72. The maximum absolute atomic E-state index is 12.3. The second-order valence-electron chi connectivity index (χ2n) is 5.50. The lowest BCUT2D eigenvalue weighted by Crippen LogP contribution is -2.60. The van der Waals surface area contributed by atoms with Crippen LogP contribution < -0.4 is 0 Å². The zero-order valence-corrected chi connectivity index (χ0v) is 13.5. The molecular formula is C16H27NO4. The predicted octanol–water partition coefficient (Wildman–Crippen LogP) is 3.00. The van der Waals surface area contributed by atoms with Gasteiger partial charge in [0.25, 0.3) is 0 Å². The van der Waals surface area contributed by atoms with Crippen LogP contribution in [-0.2, 0) is 14.3 Å². The van der Waals surface area contributed by atoms with Crippen molar-refractivity contribution in [3.63, 3.8) is 0 Å². The van der Waals surface area contributed by atoms with E-state index >= 15 is 0 Å². The Hall–Kier alpha value is -1.52. The molecule has 0 aromatic carbocycles. The van der Waals surface area contributed by atoms with Crippen LogP contribution in [0, 0.1) is 11.8 Å². The molecule has 0 aromatic rings. The van der Waals surface area contributed by atoms with E-state index < -0.39 is 18.1 Å². The van der Waals surface area contributed by atoms with E-state index in [1.165, 1.54) is 14.2 Å². The quantitative estimate of drug-likeness (QED) is 0.578. The normalized spacial score (nSPS) is 28.9. The third-order valence-corrected chi connectivity index (χ3v) is 4.42. The SMILES string of the molecule is C=C[C@H]1C[C@@H](CC)[C@H](CCC)N(C(=O)OC)[C@@H]1C(=O)OC. The average Bonchev–Trinajstić information content (AvgIpc) is 2.52. The van der Waals surface area contributed by atoms with Gasteiger partial charge in [0.2, 0.25) is 0 Å². The molecule has 1 fully saturated rings. The van der Waals surface area contributed by atoms with E-state index in [0.29, 0.717) is 5.92 Å². The summed E-state index contributed by atoms with van der Waals surface area (Å²) in [5, 5.41) is 0. The van der Waals surface area contributed by atoms with Crippen molar-refractivity contribution in [3.8, 4) is 0 Å². The van der Waals surface area contributed by atoms with Crippen LogP contribution in [0.25, 0.3) is 0 Å². The first kappa shape index (κ1) is 17.5.